The Morgan fingerprint density at radius 3 is 2.73 bits per heavy atom. The quantitative estimate of drug-likeness (QED) is 0.701. The number of carboxylic acids is 1. The summed E-state index contributed by atoms with van der Waals surface area (Å²) < 4.78 is 1.55. The summed E-state index contributed by atoms with van der Waals surface area (Å²) in [5.41, 5.74) is 0. The number of hydrogen-bond donors (Lipinski definition) is 1. The van der Waals surface area contributed by atoms with Crippen molar-refractivity contribution in [3.8, 4) is 0 Å². The van der Waals surface area contributed by atoms with Gasteiger partial charge in [0.15, 0.2) is 0 Å². The predicted octanol–water partition coefficient (Wildman–Crippen LogP) is -0.633. The van der Waals surface area contributed by atoms with E-state index in [1.165, 1.54) is 0 Å². The lowest BCUT2D eigenvalue weighted by Crippen LogP contribution is -2.25. The monoisotopic (exact) mass is 211 g/mol. The van der Waals surface area contributed by atoms with Gasteiger partial charge in [-0.1, -0.05) is 12.0 Å². The average molecular weight is 211 g/mol. The molecule has 0 bridgehead atoms. The van der Waals surface area contributed by atoms with E-state index < -0.39 is 5.97 Å². The zero-order valence-corrected chi connectivity index (χ0v) is 8.66. The Labute approximate surface area is 86.7 Å². The van der Waals surface area contributed by atoms with E-state index in [1.807, 2.05) is 11.8 Å². The fraction of sp³-hybridized carbons (Fsp3) is 0.750. The van der Waals surface area contributed by atoms with Crippen LogP contribution in [0.4, 0.5) is 5.95 Å². The van der Waals surface area contributed by atoms with Crippen molar-refractivity contribution in [2.75, 3.05) is 18.0 Å². The van der Waals surface area contributed by atoms with Gasteiger partial charge in [0.05, 0.1) is 5.92 Å². The van der Waals surface area contributed by atoms with Crippen LogP contribution in [0.15, 0.2) is 0 Å². The molecule has 0 spiro atoms. The Bertz CT molecular complexity index is 377. The molecule has 0 saturated carbocycles. The molecule has 7 heteroatoms. The molecule has 2 atom stereocenters. The van der Waals surface area contributed by atoms with Gasteiger partial charge in [0, 0.05) is 20.1 Å². The van der Waals surface area contributed by atoms with E-state index in [2.05, 4.69) is 15.5 Å². The van der Waals surface area contributed by atoms with Crippen molar-refractivity contribution in [3.05, 3.63) is 0 Å². The first-order valence-electron chi connectivity index (χ1n) is 4.79. The van der Waals surface area contributed by atoms with Crippen molar-refractivity contribution in [1.29, 1.82) is 0 Å². The van der Waals surface area contributed by atoms with Crippen LogP contribution in [0.25, 0.3) is 0 Å². The van der Waals surface area contributed by atoms with E-state index >= 15 is 0 Å². The maximum atomic E-state index is 10.9. The number of hydrogen-bond acceptors (Lipinski definition) is 5. The van der Waals surface area contributed by atoms with Gasteiger partial charge in [0.25, 0.3) is 0 Å². The number of aliphatic carboxylic acids is 1. The summed E-state index contributed by atoms with van der Waals surface area (Å²) >= 11 is 0. The summed E-state index contributed by atoms with van der Waals surface area (Å²) in [6.07, 6.45) is 0. The van der Waals surface area contributed by atoms with Gasteiger partial charge in [-0.25, -0.2) is 4.68 Å². The normalized spacial score (nSPS) is 25.9. The van der Waals surface area contributed by atoms with Crippen LogP contribution in [0, 0.1) is 11.8 Å². The lowest BCUT2D eigenvalue weighted by molar-refractivity contribution is -0.142. The van der Waals surface area contributed by atoms with E-state index in [1.54, 1.807) is 11.7 Å². The zero-order chi connectivity index (χ0) is 11.0. The summed E-state index contributed by atoms with van der Waals surface area (Å²) in [5.74, 6) is -0.327. The smallest absolute Gasteiger partial charge is 0.308 e. The summed E-state index contributed by atoms with van der Waals surface area (Å²) in [4.78, 5) is 12.8. The first kappa shape index (κ1) is 9.88. The third kappa shape index (κ3) is 1.64. The average Bonchev–Trinajstić information content (AvgIpc) is 2.71. The van der Waals surface area contributed by atoms with Crippen molar-refractivity contribution in [1.82, 2.24) is 20.2 Å². The maximum absolute atomic E-state index is 10.9. The number of tetrazole rings is 1. The Morgan fingerprint density at radius 2 is 2.27 bits per heavy atom. The summed E-state index contributed by atoms with van der Waals surface area (Å²) in [6, 6.07) is 0. The number of carbonyl (C=O) groups is 1. The van der Waals surface area contributed by atoms with Crippen LogP contribution in [0.2, 0.25) is 0 Å². The van der Waals surface area contributed by atoms with Crippen molar-refractivity contribution < 1.29 is 9.90 Å². The minimum atomic E-state index is -0.750. The minimum absolute atomic E-state index is 0.124. The molecule has 1 aromatic rings. The second-order valence-corrected chi connectivity index (χ2v) is 3.93. The number of nitrogens with zero attached hydrogens (tertiary/aromatic N) is 5. The predicted molar refractivity (Wildman–Crippen MR) is 51.3 cm³/mol. The molecule has 1 N–H and O–H groups in total. The van der Waals surface area contributed by atoms with Gasteiger partial charge in [0.2, 0.25) is 5.95 Å². The zero-order valence-electron chi connectivity index (χ0n) is 8.66. The second kappa shape index (κ2) is 3.48. The number of aromatic nitrogens is 4. The topological polar surface area (TPSA) is 84.1 Å². The molecular weight excluding hydrogens is 198 g/mol. The highest BCUT2D eigenvalue weighted by molar-refractivity contribution is 5.72. The van der Waals surface area contributed by atoms with E-state index in [0.29, 0.717) is 19.0 Å². The van der Waals surface area contributed by atoms with Gasteiger partial charge in [-0.05, 0) is 16.3 Å². The van der Waals surface area contributed by atoms with Crippen molar-refractivity contribution in [2.45, 2.75) is 6.92 Å². The van der Waals surface area contributed by atoms with Gasteiger partial charge in [-0.2, -0.15) is 0 Å². The SMILES string of the molecule is C[C@@H]1CN(c2nnnn2C)C[C@H]1C(=O)O. The molecule has 1 aliphatic heterocycles. The van der Waals surface area contributed by atoms with Crippen LogP contribution in [0.5, 0.6) is 0 Å². The van der Waals surface area contributed by atoms with Crippen LogP contribution in [-0.2, 0) is 11.8 Å². The fourth-order valence-electron chi connectivity index (χ4n) is 1.94. The summed E-state index contributed by atoms with van der Waals surface area (Å²) in [7, 11) is 1.74. The van der Waals surface area contributed by atoms with Crippen LogP contribution in [-0.4, -0.2) is 44.4 Å². The molecule has 0 aliphatic carbocycles. The Kier molecular flexibility index (Phi) is 2.29. The van der Waals surface area contributed by atoms with Crippen LogP contribution >= 0.6 is 0 Å². The first-order chi connectivity index (χ1) is 7.09. The Morgan fingerprint density at radius 1 is 1.53 bits per heavy atom. The largest absolute Gasteiger partial charge is 0.481 e. The number of rotatable bonds is 2. The van der Waals surface area contributed by atoms with E-state index in [0.717, 1.165) is 0 Å². The minimum Gasteiger partial charge on any atom is -0.481 e. The first-order valence-corrected chi connectivity index (χ1v) is 4.79. The van der Waals surface area contributed by atoms with Crippen LogP contribution in [0.1, 0.15) is 6.92 Å². The number of aryl methyl sites for hydroxylation is 1. The molecule has 0 amide bonds. The van der Waals surface area contributed by atoms with E-state index in [4.69, 9.17) is 5.11 Å². The molecule has 1 fully saturated rings. The maximum Gasteiger partial charge on any atom is 0.308 e. The van der Waals surface area contributed by atoms with Crippen LogP contribution < -0.4 is 4.90 Å². The standard InChI is InChI=1S/C8H13N5O2/c1-5-3-13(4-6(5)7(14)15)8-9-10-11-12(8)2/h5-6H,3-4H2,1-2H3,(H,14,15)/t5-,6-/m1/s1. The Hall–Kier alpha value is -1.66. The van der Waals surface area contributed by atoms with Crippen LogP contribution in [0.3, 0.4) is 0 Å². The van der Waals surface area contributed by atoms with Crippen molar-refractivity contribution in [2.24, 2.45) is 18.9 Å². The molecular formula is C8H13N5O2. The summed E-state index contributed by atoms with van der Waals surface area (Å²) in [5, 5.41) is 20.1. The van der Waals surface area contributed by atoms with Gasteiger partial charge >= 0.3 is 5.97 Å². The molecule has 2 heterocycles. The summed E-state index contributed by atoms with van der Waals surface area (Å²) in [6.45, 7) is 3.10. The molecule has 1 saturated heterocycles. The van der Waals surface area contributed by atoms with Crippen molar-refractivity contribution in [3.63, 3.8) is 0 Å². The van der Waals surface area contributed by atoms with Gasteiger partial charge in [0.1, 0.15) is 0 Å². The molecule has 1 aromatic heterocycles. The van der Waals surface area contributed by atoms with Gasteiger partial charge < -0.3 is 10.0 Å². The molecule has 0 radical (unpaired) electrons. The van der Waals surface area contributed by atoms with E-state index in [9.17, 15) is 4.79 Å². The second-order valence-electron chi connectivity index (χ2n) is 3.93. The molecule has 1 aliphatic rings. The molecule has 82 valence electrons. The lowest BCUT2D eigenvalue weighted by Gasteiger charge is -2.14. The molecule has 15 heavy (non-hydrogen) atoms. The highest BCUT2D eigenvalue weighted by atomic mass is 16.4. The molecule has 0 aromatic carbocycles. The van der Waals surface area contributed by atoms with Gasteiger partial charge in [-0.15, -0.1) is 0 Å². The highest BCUT2D eigenvalue weighted by Gasteiger charge is 2.36. The third-order valence-electron chi connectivity index (χ3n) is 2.81. The third-order valence-corrected chi connectivity index (χ3v) is 2.81. The highest BCUT2D eigenvalue weighted by Crippen LogP contribution is 2.26. The fourth-order valence-corrected chi connectivity index (χ4v) is 1.94. The molecule has 2 rings (SSSR count). The Balaban J connectivity index is 2.16. The lowest BCUT2D eigenvalue weighted by atomic mass is 9.99. The molecule has 7 nitrogen and oxygen atoms in total. The molecule has 0 unspecified atom stereocenters. The number of anilines is 1. The van der Waals surface area contributed by atoms with E-state index in [-0.39, 0.29) is 11.8 Å². The number of carboxylic acid groups (broad SMARTS) is 1. The van der Waals surface area contributed by atoms with Crippen molar-refractivity contribution >= 4 is 11.9 Å². The van der Waals surface area contributed by atoms with Gasteiger partial charge in [-0.3, -0.25) is 4.79 Å².